The van der Waals surface area contributed by atoms with Gasteiger partial charge < -0.3 is 10.4 Å². The Labute approximate surface area is 110 Å². The number of rotatable bonds is 3. The molecule has 104 valence electrons. The largest absolute Gasteiger partial charge is 0.388 e. The van der Waals surface area contributed by atoms with Crippen molar-refractivity contribution in [3.8, 4) is 0 Å². The first-order chi connectivity index (χ1) is 8.40. The van der Waals surface area contributed by atoms with E-state index in [0.717, 1.165) is 18.6 Å². The first-order valence-electron chi connectivity index (χ1n) is 6.40. The van der Waals surface area contributed by atoms with Gasteiger partial charge in [0.15, 0.2) is 0 Å². The standard InChI is InChI=1S/C12H19F2NO2S/c13-12(14)5-3-11(17,4-6-12)8-15-10(16)9-2-1-7-18-9/h9,17H,1-8H2,(H,15,16). The molecule has 1 heterocycles. The van der Waals surface area contributed by atoms with Crippen molar-refractivity contribution in [2.75, 3.05) is 12.3 Å². The summed E-state index contributed by atoms with van der Waals surface area (Å²) in [7, 11) is 0. The average Bonchev–Trinajstić information content (AvgIpc) is 2.85. The fourth-order valence-electron chi connectivity index (χ4n) is 2.41. The van der Waals surface area contributed by atoms with E-state index in [9.17, 15) is 18.7 Å². The highest BCUT2D eigenvalue weighted by Crippen LogP contribution is 2.38. The minimum Gasteiger partial charge on any atom is -0.388 e. The molecule has 2 N–H and O–H groups in total. The van der Waals surface area contributed by atoms with Crippen LogP contribution in [0.25, 0.3) is 0 Å². The smallest absolute Gasteiger partial charge is 0.248 e. The van der Waals surface area contributed by atoms with Gasteiger partial charge in [-0.05, 0) is 31.4 Å². The number of aliphatic hydroxyl groups is 1. The molecule has 0 aromatic carbocycles. The van der Waals surface area contributed by atoms with Crippen LogP contribution in [-0.2, 0) is 4.79 Å². The Balaban J connectivity index is 1.77. The lowest BCUT2D eigenvalue weighted by Gasteiger charge is -2.36. The quantitative estimate of drug-likeness (QED) is 0.830. The molecule has 18 heavy (non-hydrogen) atoms. The number of alkyl halides is 2. The molecule has 0 radical (unpaired) electrons. The van der Waals surface area contributed by atoms with E-state index in [1.807, 2.05) is 0 Å². The molecule has 0 aromatic heterocycles. The summed E-state index contributed by atoms with van der Waals surface area (Å²) in [5.41, 5.74) is -1.15. The van der Waals surface area contributed by atoms with Gasteiger partial charge in [0.05, 0.1) is 10.9 Å². The van der Waals surface area contributed by atoms with Crippen LogP contribution in [0.3, 0.4) is 0 Å². The minimum atomic E-state index is -2.66. The molecule has 1 saturated heterocycles. The number of nitrogens with one attached hydrogen (secondary N) is 1. The maximum atomic E-state index is 13.0. The highest BCUT2D eigenvalue weighted by atomic mass is 32.2. The van der Waals surface area contributed by atoms with E-state index in [1.165, 1.54) is 0 Å². The van der Waals surface area contributed by atoms with Crippen molar-refractivity contribution in [1.29, 1.82) is 0 Å². The number of hydrogen-bond donors (Lipinski definition) is 2. The van der Waals surface area contributed by atoms with Crippen molar-refractivity contribution in [2.24, 2.45) is 0 Å². The van der Waals surface area contributed by atoms with Gasteiger partial charge in [-0.15, -0.1) is 11.8 Å². The second kappa shape index (κ2) is 5.33. The summed E-state index contributed by atoms with van der Waals surface area (Å²) in [5, 5.41) is 12.8. The molecule has 2 rings (SSSR count). The molecule has 1 saturated carbocycles. The van der Waals surface area contributed by atoms with Gasteiger partial charge in [0.25, 0.3) is 0 Å². The van der Waals surface area contributed by atoms with Crippen LogP contribution < -0.4 is 5.32 Å². The van der Waals surface area contributed by atoms with Crippen molar-refractivity contribution >= 4 is 17.7 Å². The van der Waals surface area contributed by atoms with Gasteiger partial charge in [0, 0.05) is 19.4 Å². The predicted molar refractivity (Wildman–Crippen MR) is 66.9 cm³/mol. The first-order valence-corrected chi connectivity index (χ1v) is 7.45. The van der Waals surface area contributed by atoms with E-state index >= 15 is 0 Å². The summed E-state index contributed by atoms with van der Waals surface area (Å²) in [6.45, 7) is 0.0962. The van der Waals surface area contributed by atoms with E-state index in [1.54, 1.807) is 11.8 Å². The molecule has 6 heteroatoms. The van der Waals surface area contributed by atoms with Crippen LogP contribution in [0.1, 0.15) is 38.5 Å². The number of amides is 1. The van der Waals surface area contributed by atoms with Gasteiger partial charge >= 0.3 is 0 Å². The third kappa shape index (κ3) is 3.57. The van der Waals surface area contributed by atoms with E-state index in [-0.39, 0.29) is 43.4 Å². The molecular weight excluding hydrogens is 260 g/mol. The number of carbonyl (C=O) groups is 1. The van der Waals surface area contributed by atoms with Gasteiger partial charge in [-0.25, -0.2) is 8.78 Å². The monoisotopic (exact) mass is 279 g/mol. The molecular formula is C12H19F2NO2S. The average molecular weight is 279 g/mol. The molecule has 1 unspecified atom stereocenters. The molecule has 3 nitrogen and oxygen atoms in total. The Hall–Kier alpha value is -0.360. The normalized spacial score (nSPS) is 30.1. The summed E-state index contributed by atoms with van der Waals surface area (Å²) in [6, 6.07) is 0. The van der Waals surface area contributed by atoms with Crippen molar-refractivity contribution in [3.05, 3.63) is 0 Å². The highest BCUT2D eigenvalue weighted by Gasteiger charge is 2.42. The fourth-order valence-corrected chi connectivity index (χ4v) is 3.59. The number of thioether (sulfide) groups is 1. The minimum absolute atomic E-state index is 0.0290. The van der Waals surface area contributed by atoms with Gasteiger partial charge in [-0.2, -0.15) is 0 Å². The highest BCUT2D eigenvalue weighted by molar-refractivity contribution is 8.00. The molecule has 1 atom stereocenters. The van der Waals surface area contributed by atoms with E-state index in [2.05, 4.69) is 5.32 Å². The van der Waals surface area contributed by atoms with E-state index in [0.29, 0.717) is 0 Å². The van der Waals surface area contributed by atoms with Gasteiger partial charge in [0.1, 0.15) is 0 Å². The van der Waals surface area contributed by atoms with Crippen LogP contribution in [-0.4, -0.2) is 40.1 Å². The third-order valence-electron chi connectivity index (χ3n) is 3.73. The van der Waals surface area contributed by atoms with Gasteiger partial charge in [0.2, 0.25) is 11.8 Å². The molecule has 2 aliphatic rings. The van der Waals surface area contributed by atoms with E-state index < -0.39 is 11.5 Å². The van der Waals surface area contributed by atoms with Crippen LogP contribution in [0.5, 0.6) is 0 Å². The van der Waals surface area contributed by atoms with Crippen LogP contribution in [0.15, 0.2) is 0 Å². The summed E-state index contributed by atoms with van der Waals surface area (Å²) in [4.78, 5) is 11.8. The Morgan fingerprint density at radius 2 is 2.00 bits per heavy atom. The number of hydrogen-bond acceptors (Lipinski definition) is 3. The summed E-state index contributed by atoms with van der Waals surface area (Å²) < 4.78 is 26.0. The van der Waals surface area contributed by atoms with Crippen LogP contribution in [0.4, 0.5) is 8.78 Å². The zero-order valence-corrected chi connectivity index (χ0v) is 11.1. The Bertz CT molecular complexity index is 309. The number of halogens is 2. The van der Waals surface area contributed by atoms with Crippen LogP contribution >= 0.6 is 11.8 Å². The lowest BCUT2D eigenvalue weighted by Crippen LogP contribution is -2.48. The summed E-state index contributed by atoms with van der Waals surface area (Å²) in [5.74, 6) is -1.73. The number of carbonyl (C=O) groups excluding carboxylic acids is 1. The Morgan fingerprint density at radius 1 is 1.33 bits per heavy atom. The van der Waals surface area contributed by atoms with Crippen molar-refractivity contribution in [2.45, 2.75) is 55.3 Å². The molecule has 0 bridgehead atoms. The van der Waals surface area contributed by atoms with Gasteiger partial charge in [-0.3, -0.25) is 4.79 Å². The molecule has 1 amide bonds. The summed E-state index contributed by atoms with van der Waals surface area (Å²) in [6.07, 6.45) is 1.43. The maximum Gasteiger partial charge on any atom is 0.248 e. The molecule has 1 aliphatic heterocycles. The molecule has 0 aromatic rings. The Morgan fingerprint density at radius 3 is 2.56 bits per heavy atom. The van der Waals surface area contributed by atoms with Crippen LogP contribution in [0, 0.1) is 0 Å². The zero-order chi connectivity index (χ0) is 13.2. The molecule has 1 aliphatic carbocycles. The van der Waals surface area contributed by atoms with Crippen molar-refractivity contribution in [1.82, 2.24) is 5.32 Å². The maximum absolute atomic E-state index is 13.0. The lowest BCUT2D eigenvalue weighted by molar-refractivity contribution is -0.125. The SMILES string of the molecule is O=C(NCC1(O)CCC(F)(F)CC1)C1CCCS1. The zero-order valence-electron chi connectivity index (χ0n) is 10.3. The van der Waals surface area contributed by atoms with Crippen molar-refractivity contribution in [3.63, 3.8) is 0 Å². The lowest BCUT2D eigenvalue weighted by atomic mass is 9.82. The molecule has 2 fully saturated rings. The van der Waals surface area contributed by atoms with Crippen LogP contribution in [0.2, 0.25) is 0 Å². The second-order valence-electron chi connectivity index (χ2n) is 5.30. The van der Waals surface area contributed by atoms with Crippen molar-refractivity contribution < 1.29 is 18.7 Å². The topological polar surface area (TPSA) is 49.3 Å². The summed E-state index contributed by atoms with van der Waals surface area (Å²) >= 11 is 1.62. The third-order valence-corrected chi connectivity index (χ3v) is 5.10. The second-order valence-corrected chi connectivity index (χ2v) is 6.61. The first kappa shape index (κ1) is 14.1. The van der Waals surface area contributed by atoms with Gasteiger partial charge in [-0.1, -0.05) is 0 Å². The predicted octanol–water partition coefficient (Wildman–Crippen LogP) is 1.94. The fraction of sp³-hybridized carbons (Fsp3) is 0.917. The van der Waals surface area contributed by atoms with E-state index in [4.69, 9.17) is 0 Å². The molecule has 0 spiro atoms. The Kier molecular flexibility index (Phi) is 4.16.